The molecule has 18 heavy (non-hydrogen) atoms. The minimum atomic E-state index is 0.792. The average Bonchev–Trinajstić information content (AvgIpc) is 2.74. The molecule has 2 aliphatic carbocycles. The van der Waals surface area contributed by atoms with E-state index in [9.17, 15) is 0 Å². The Morgan fingerprint density at radius 2 is 1.72 bits per heavy atom. The minimum absolute atomic E-state index is 0.792. The lowest BCUT2D eigenvalue weighted by molar-refractivity contribution is 0.192. The van der Waals surface area contributed by atoms with Crippen LogP contribution < -0.4 is 0 Å². The van der Waals surface area contributed by atoms with Crippen molar-refractivity contribution >= 4 is 0 Å². The van der Waals surface area contributed by atoms with Gasteiger partial charge in [0, 0.05) is 0 Å². The number of fused-ring (bicyclic) bond motifs is 1. The quantitative estimate of drug-likeness (QED) is 0.600. The molecule has 0 saturated heterocycles. The lowest BCUT2D eigenvalue weighted by Gasteiger charge is -2.38. The molecule has 1 saturated carbocycles. The van der Waals surface area contributed by atoms with Crippen molar-refractivity contribution < 1.29 is 0 Å². The third-order valence-corrected chi connectivity index (χ3v) is 5.14. The Morgan fingerprint density at radius 1 is 1.00 bits per heavy atom. The van der Waals surface area contributed by atoms with Gasteiger partial charge in [-0.05, 0) is 62.3 Å². The first-order valence-corrected chi connectivity index (χ1v) is 7.39. The van der Waals surface area contributed by atoms with Crippen LogP contribution in [0, 0.1) is 24.7 Å². The van der Waals surface area contributed by atoms with Crippen LogP contribution in [0.5, 0.6) is 0 Å². The van der Waals surface area contributed by atoms with E-state index in [2.05, 4.69) is 51.1 Å². The molecule has 0 spiro atoms. The van der Waals surface area contributed by atoms with Crippen LogP contribution in [0.15, 0.2) is 35.9 Å². The molecule has 1 aromatic carbocycles. The van der Waals surface area contributed by atoms with Crippen LogP contribution in [0.2, 0.25) is 0 Å². The molecule has 0 heteroatoms. The number of allylic oxidation sites excluding steroid dienone is 2. The predicted octanol–water partition coefficient (Wildman–Crippen LogP) is 5.09. The van der Waals surface area contributed by atoms with Gasteiger partial charge in [-0.2, -0.15) is 0 Å². The standard InChI is InChI=1S/C18H24/c1-12-4-7-15(8-5-12)16-9-6-14(3)17-10-13(2)11-18(16)17/h4-5,7-8,10,14,16-18H,6,9,11H2,1-3H3/t14-,16+,17?,18?/m1/s1. The third-order valence-electron chi connectivity index (χ3n) is 5.14. The van der Waals surface area contributed by atoms with E-state index in [0.29, 0.717) is 0 Å². The molecule has 0 aliphatic heterocycles. The molecule has 0 nitrogen and oxygen atoms in total. The van der Waals surface area contributed by atoms with Crippen LogP contribution in [-0.2, 0) is 0 Å². The summed E-state index contributed by atoms with van der Waals surface area (Å²) in [7, 11) is 0. The van der Waals surface area contributed by atoms with Crippen LogP contribution in [-0.4, -0.2) is 0 Å². The Labute approximate surface area is 111 Å². The van der Waals surface area contributed by atoms with E-state index in [-0.39, 0.29) is 0 Å². The molecule has 96 valence electrons. The SMILES string of the molecule is CC1=CC2C(C1)[C@H](c1ccc(C)cc1)CC[C@H]2C. The smallest absolute Gasteiger partial charge is 0.0125 e. The van der Waals surface area contributed by atoms with Crippen LogP contribution in [0.4, 0.5) is 0 Å². The van der Waals surface area contributed by atoms with Crippen LogP contribution >= 0.6 is 0 Å². The lowest BCUT2D eigenvalue weighted by Crippen LogP contribution is -2.28. The molecule has 0 heterocycles. The average molecular weight is 240 g/mol. The molecule has 4 atom stereocenters. The second-order valence-electron chi connectivity index (χ2n) is 6.53. The van der Waals surface area contributed by atoms with Gasteiger partial charge in [0.1, 0.15) is 0 Å². The summed E-state index contributed by atoms with van der Waals surface area (Å²) in [5, 5.41) is 0. The number of benzene rings is 1. The summed E-state index contributed by atoms with van der Waals surface area (Å²) in [6, 6.07) is 9.27. The van der Waals surface area contributed by atoms with Gasteiger partial charge in [0.15, 0.2) is 0 Å². The Bertz CT molecular complexity index is 451. The molecule has 0 amide bonds. The Balaban J connectivity index is 1.87. The van der Waals surface area contributed by atoms with Crippen LogP contribution in [0.1, 0.15) is 50.2 Å². The summed E-state index contributed by atoms with van der Waals surface area (Å²) >= 11 is 0. The van der Waals surface area contributed by atoms with Gasteiger partial charge >= 0.3 is 0 Å². The molecule has 3 rings (SSSR count). The maximum Gasteiger partial charge on any atom is -0.0125 e. The van der Waals surface area contributed by atoms with E-state index in [1.54, 1.807) is 11.1 Å². The van der Waals surface area contributed by atoms with Crippen molar-refractivity contribution in [2.45, 2.75) is 46.0 Å². The van der Waals surface area contributed by atoms with Crippen molar-refractivity contribution in [1.82, 2.24) is 0 Å². The normalized spacial score (nSPS) is 35.2. The van der Waals surface area contributed by atoms with E-state index in [1.807, 2.05) is 0 Å². The van der Waals surface area contributed by atoms with E-state index >= 15 is 0 Å². The summed E-state index contributed by atoms with van der Waals surface area (Å²) in [4.78, 5) is 0. The highest BCUT2D eigenvalue weighted by Gasteiger charge is 2.39. The molecule has 0 aromatic heterocycles. The molecular weight excluding hydrogens is 216 g/mol. The van der Waals surface area contributed by atoms with Gasteiger partial charge < -0.3 is 0 Å². The highest BCUT2D eigenvalue weighted by atomic mass is 14.4. The molecular formula is C18H24. The van der Waals surface area contributed by atoms with Crippen LogP contribution in [0.25, 0.3) is 0 Å². The maximum atomic E-state index is 2.57. The topological polar surface area (TPSA) is 0 Å². The van der Waals surface area contributed by atoms with Crippen molar-refractivity contribution in [3.05, 3.63) is 47.0 Å². The predicted molar refractivity (Wildman–Crippen MR) is 77.7 cm³/mol. The fraction of sp³-hybridized carbons (Fsp3) is 0.556. The van der Waals surface area contributed by atoms with Gasteiger partial charge in [-0.3, -0.25) is 0 Å². The second-order valence-corrected chi connectivity index (χ2v) is 6.53. The second kappa shape index (κ2) is 4.57. The molecule has 0 N–H and O–H groups in total. The fourth-order valence-electron chi connectivity index (χ4n) is 4.10. The number of rotatable bonds is 1. The highest BCUT2D eigenvalue weighted by Crippen LogP contribution is 2.50. The Morgan fingerprint density at radius 3 is 2.44 bits per heavy atom. The summed E-state index contributed by atoms with van der Waals surface area (Å²) in [6.45, 7) is 6.94. The zero-order chi connectivity index (χ0) is 12.7. The summed E-state index contributed by atoms with van der Waals surface area (Å²) in [6.07, 6.45) is 6.67. The van der Waals surface area contributed by atoms with Crippen molar-refractivity contribution in [2.24, 2.45) is 17.8 Å². The van der Waals surface area contributed by atoms with Crippen molar-refractivity contribution in [2.75, 3.05) is 0 Å². The van der Waals surface area contributed by atoms with E-state index in [0.717, 1.165) is 23.7 Å². The van der Waals surface area contributed by atoms with Crippen molar-refractivity contribution in [3.63, 3.8) is 0 Å². The Kier molecular flexibility index (Phi) is 3.05. The van der Waals surface area contributed by atoms with Gasteiger partial charge in [-0.25, -0.2) is 0 Å². The minimum Gasteiger partial charge on any atom is -0.0819 e. The van der Waals surface area contributed by atoms with Crippen molar-refractivity contribution in [3.8, 4) is 0 Å². The van der Waals surface area contributed by atoms with Crippen molar-refractivity contribution in [1.29, 1.82) is 0 Å². The van der Waals surface area contributed by atoms with E-state index in [4.69, 9.17) is 0 Å². The van der Waals surface area contributed by atoms with Gasteiger partial charge in [0.05, 0.1) is 0 Å². The number of hydrogen-bond acceptors (Lipinski definition) is 0. The molecule has 2 aliphatic rings. The first-order chi connectivity index (χ1) is 8.65. The molecule has 0 bridgehead atoms. The van der Waals surface area contributed by atoms with E-state index < -0.39 is 0 Å². The maximum absolute atomic E-state index is 2.57. The first-order valence-electron chi connectivity index (χ1n) is 7.39. The number of aryl methyl sites for hydroxylation is 1. The van der Waals surface area contributed by atoms with Gasteiger partial charge in [-0.1, -0.05) is 48.4 Å². The molecule has 2 unspecified atom stereocenters. The van der Waals surface area contributed by atoms with Crippen LogP contribution in [0.3, 0.4) is 0 Å². The highest BCUT2D eigenvalue weighted by molar-refractivity contribution is 5.28. The largest absolute Gasteiger partial charge is 0.0819 e. The Hall–Kier alpha value is -1.04. The summed E-state index contributed by atoms with van der Waals surface area (Å²) in [5.74, 6) is 3.39. The summed E-state index contributed by atoms with van der Waals surface area (Å²) in [5.41, 5.74) is 4.57. The molecule has 1 fully saturated rings. The van der Waals surface area contributed by atoms with Gasteiger partial charge in [-0.15, -0.1) is 0 Å². The number of hydrogen-bond donors (Lipinski definition) is 0. The van der Waals surface area contributed by atoms with Gasteiger partial charge in [0.25, 0.3) is 0 Å². The summed E-state index contributed by atoms with van der Waals surface area (Å²) < 4.78 is 0. The molecule has 0 radical (unpaired) electrons. The zero-order valence-electron chi connectivity index (χ0n) is 11.8. The van der Waals surface area contributed by atoms with Gasteiger partial charge in [0.2, 0.25) is 0 Å². The first kappa shape index (κ1) is 12.0. The third kappa shape index (κ3) is 2.02. The fourth-order valence-corrected chi connectivity index (χ4v) is 4.10. The lowest BCUT2D eigenvalue weighted by atomic mass is 9.66. The van der Waals surface area contributed by atoms with E-state index in [1.165, 1.54) is 24.8 Å². The monoisotopic (exact) mass is 240 g/mol. The molecule has 1 aromatic rings. The zero-order valence-corrected chi connectivity index (χ0v) is 11.8.